The number of aromatic nitrogens is 1. The lowest BCUT2D eigenvalue weighted by Crippen LogP contribution is -2.42. The molecule has 1 N–H and O–H groups in total. The van der Waals surface area contributed by atoms with Gasteiger partial charge in [0.1, 0.15) is 11.4 Å². The number of benzene rings is 1. The van der Waals surface area contributed by atoms with Crippen molar-refractivity contribution < 1.29 is 19.4 Å². The fourth-order valence-corrected chi connectivity index (χ4v) is 6.50. The van der Waals surface area contributed by atoms with Crippen molar-refractivity contribution in [2.45, 2.75) is 44.6 Å². The minimum absolute atomic E-state index is 0.0248. The Bertz CT molecular complexity index is 1190. The zero-order valence-corrected chi connectivity index (χ0v) is 20.0. The second-order valence-corrected chi connectivity index (χ2v) is 10.3. The summed E-state index contributed by atoms with van der Waals surface area (Å²) in [7, 11) is 0. The Labute approximate surface area is 201 Å². The number of thiophene rings is 1. The van der Waals surface area contributed by atoms with Crippen molar-refractivity contribution in [3.63, 3.8) is 0 Å². The van der Waals surface area contributed by atoms with E-state index < -0.39 is 5.97 Å². The quantitative estimate of drug-likeness (QED) is 0.507. The van der Waals surface area contributed by atoms with Crippen LogP contribution in [0.4, 0.5) is 0 Å². The van der Waals surface area contributed by atoms with Gasteiger partial charge < -0.3 is 19.3 Å². The van der Waals surface area contributed by atoms with E-state index in [0.29, 0.717) is 42.1 Å². The van der Waals surface area contributed by atoms with Gasteiger partial charge in [-0.05, 0) is 48.1 Å². The number of rotatable bonds is 5. The van der Waals surface area contributed by atoms with Gasteiger partial charge in [-0.15, -0.1) is 11.3 Å². The molecule has 2 aromatic heterocycles. The summed E-state index contributed by atoms with van der Waals surface area (Å²) in [6, 6.07) is 9.49. The standard InChI is InChI=1S/C25H27ClN2O4S/c26-18-8-4-7-17(13-18)23-22(16-5-2-1-3-6-16)24-19(14-20(33-24)25(30)31)28(23)15-21(29)27-9-11-32-12-10-27/h4,7-8,13-14,16H,1-3,5-6,9-12,15H2,(H,30,31). The van der Waals surface area contributed by atoms with Gasteiger partial charge in [-0.3, -0.25) is 4.79 Å². The minimum atomic E-state index is -0.929. The Morgan fingerprint density at radius 1 is 1.12 bits per heavy atom. The third kappa shape index (κ3) is 4.42. The van der Waals surface area contributed by atoms with Gasteiger partial charge >= 0.3 is 5.97 Å². The van der Waals surface area contributed by atoms with E-state index in [-0.39, 0.29) is 12.5 Å². The highest BCUT2D eigenvalue weighted by Gasteiger charge is 2.30. The van der Waals surface area contributed by atoms with Crippen molar-refractivity contribution in [3.05, 3.63) is 45.8 Å². The lowest BCUT2D eigenvalue weighted by atomic mass is 9.83. The molecule has 0 unspecified atom stereocenters. The largest absolute Gasteiger partial charge is 0.477 e. The first-order chi connectivity index (χ1) is 16.0. The molecule has 0 bridgehead atoms. The molecule has 1 saturated heterocycles. The van der Waals surface area contributed by atoms with Gasteiger partial charge in [0, 0.05) is 18.1 Å². The van der Waals surface area contributed by atoms with Crippen molar-refractivity contribution >= 4 is 45.0 Å². The van der Waals surface area contributed by atoms with E-state index in [0.717, 1.165) is 47.2 Å². The Kier molecular flexibility index (Phi) is 6.45. The number of hydrogen-bond acceptors (Lipinski definition) is 4. The minimum Gasteiger partial charge on any atom is -0.477 e. The zero-order valence-electron chi connectivity index (χ0n) is 18.4. The molecule has 1 aliphatic heterocycles. The molecule has 2 aliphatic rings. The van der Waals surface area contributed by atoms with Crippen LogP contribution in [-0.2, 0) is 16.1 Å². The lowest BCUT2D eigenvalue weighted by Gasteiger charge is -2.28. The van der Waals surface area contributed by atoms with E-state index in [2.05, 4.69) is 0 Å². The molecular weight excluding hydrogens is 460 g/mol. The summed E-state index contributed by atoms with van der Waals surface area (Å²) in [4.78, 5) is 27.3. The number of amides is 1. The predicted octanol–water partition coefficient (Wildman–Crippen LogP) is 5.63. The molecule has 1 aliphatic carbocycles. The number of morpholine rings is 1. The molecule has 174 valence electrons. The maximum Gasteiger partial charge on any atom is 0.345 e. The van der Waals surface area contributed by atoms with Gasteiger partial charge in [0.25, 0.3) is 0 Å². The van der Waals surface area contributed by atoms with Gasteiger partial charge in [-0.1, -0.05) is 43.0 Å². The number of carbonyl (C=O) groups excluding carboxylic acids is 1. The number of carboxylic acids is 1. The molecule has 0 atom stereocenters. The average molecular weight is 487 g/mol. The number of fused-ring (bicyclic) bond motifs is 1. The molecule has 33 heavy (non-hydrogen) atoms. The Hall–Kier alpha value is -2.35. The molecule has 1 amide bonds. The SMILES string of the molecule is O=C(O)c1cc2c(s1)c(C1CCCCC1)c(-c1cccc(Cl)c1)n2CC(=O)N1CCOCC1. The van der Waals surface area contributed by atoms with Crippen LogP contribution < -0.4 is 0 Å². The first-order valence-corrected chi connectivity index (χ1v) is 12.7. The third-order valence-electron chi connectivity index (χ3n) is 6.75. The molecular formula is C25H27ClN2O4S. The van der Waals surface area contributed by atoms with Crippen molar-refractivity contribution in [1.29, 1.82) is 0 Å². The predicted molar refractivity (Wildman–Crippen MR) is 130 cm³/mol. The second-order valence-electron chi connectivity index (χ2n) is 8.82. The van der Waals surface area contributed by atoms with Crippen LogP contribution >= 0.6 is 22.9 Å². The fourth-order valence-electron chi connectivity index (χ4n) is 5.18. The van der Waals surface area contributed by atoms with Crippen molar-refractivity contribution in [2.24, 2.45) is 0 Å². The molecule has 1 aromatic carbocycles. The van der Waals surface area contributed by atoms with E-state index in [1.54, 1.807) is 6.07 Å². The number of carboxylic acid groups (broad SMARTS) is 1. The number of halogens is 1. The third-order valence-corrected chi connectivity index (χ3v) is 8.13. The first-order valence-electron chi connectivity index (χ1n) is 11.5. The number of hydrogen-bond donors (Lipinski definition) is 1. The zero-order chi connectivity index (χ0) is 22.9. The van der Waals surface area contributed by atoms with Gasteiger partial charge in [0.05, 0.1) is 29.1 Å². The number of ether oxygens (including phenoxy) is 1. The van der Waals surface area contributed by atoms with Crippen LogP contribution in [-0.4, -0.2) is 52.8 Å². The van der Waals surface area contributed by atoms with Crippen molar-refractivity contribution in [2.75, 3.05) is 26.3 Å². The Morgan fingerprint density at radius 3 is 2.58 bits per heavy atom. The normalized spacial score (nSPS) is 17.5. The maximum absolute atomic E-state index is 13.3. The van der Waals surface area contributed by atoms with Crippen LogP contribution in [0, 0.1) is 0 Å². The van der Waals surface area contributed by atoms with Gasteiger partial charge in [-0.25, -0.2) is 4.79 Å². The first kappa shape index (κ1) is 22.4. The lowest BCUT2D eigenvalue weighted by molar-refractivity contribution is -0.135. The number of nitrogens with zero attached hydrogens (tertiary/aromatic N) is 2. The van der Waals surface area contributed by atoms with Crippen LogP contribution in [0.2, 0.25) is 5.02 Å². The Morgan fingerprint density at radius 2 is 1.88 bits per heavy atom. The van der Waals surface area contributed by atoms with Crippen LogP contribution in [0.1, 0.15) is 53.3 Å². The van der Waals surface area contributed by atoms with E-state index in [4.69, 9.17) is 16.3 Å². The highest BCUT2D eigenvalue weighted by molar-refractivity contribution is 7.21. The summed E-state index contributed by atoms with van der Waals surface area (Å²) in [5.41, 5.74) is 3.98. The number of carbonyl (C=O) groups is 2. The molecule has 3 aromatic rings. The molecule has 3 heterocycles. The molecule has 0 radical (unpaired) electrons. The highest BCUT2D eigenvalue weighted by Crippen LogP contribution is 2.47. The average Bonchev–Trinajstić information content (AvgIpc) is 3.38. The summed E-state index contributed by atoms with van der Waals surface area (Å²) in [5.74, 6) is -0.562. The monoisotopic (exact) mass is 486 g/mol. The fraction of sp³-hybridized carbons (Fsp3) is 0.440. The molecule has 8 heteroatoms. The van der Waals surface area contributed by atoms with E-state index in [1.807, 2.05) is 33.7 Å². The number of aromatic carboxylic acids is 1. The summed E-state index contributed by atoms with van der Waals surface area (Å²) >= 11 is 7.70. The van der Waals surface area contributed by atoms with Crippen LogP contribution in [0.15, 0.2) is 30.3 Å². The molecule has 6 nitrogen and oxygen atoms in total. The van der Waals surface area contributed by atoms with Crippen LogP contribution in [0.3, 0.4) is 0 Å². The van der Waals surface area contributed by atoms with Crippen LogP contribution in [0.5, 0.6) is 0 Å². The van der Waals surface area contributed by atoms with Gasteiger partial charge in [-0.2, -0.15) is 0 Å². The highest BCUT2D eigenvalue weighted by atomic mass is 35.5. The summed E-state index contributed by atoms with van der Waals surface area (Å²) in [6.07, 6.45) is 5.70. The molecule has 2 fully saturated rings. The van der Waals surface area contributed by atoms with E-state index in [1.165, 1.54) is 23.3 Å². The second kappa shape index (κ2) is 9.49. The smallest absolute Gasteiger partial charge is 0.345 e. The summed E-state index contributed by atoms with van der Waals surface area (Å²) in [6.45, 7) is 2.41. The van der Waals surface area contributed by atoms with Gasteiger partial charge in [0.2, 0.25) is 5.91 Å². The van der Waals surface area contributed by atoms with E-state index in [9.17, 15) is 14.7 Å². The maximum atomic E-state index is 13.3. The molecule has 5 rings (SSSR count). The topological polar surface area (TPSA) is 71.8 Å². The Balaban J connectivity index is 1.70. The van der Waals surface area contributed by atoms with Crippen LogP contribution in [0.25, 0.3) is 21.5 Å². The molecule has 1 saturated carbocycles. The summed E-state index contributed by atoms with van der Waals surface area (Å²) in [5, 5.41) is 10.3. The van der Waals surface area contributed by atoms with E-state index >= 15 is 0 Å². The van der Waals surface area contributed by atoms with Gasteiger partial charge in [0.15, 0.2) is 0 Å². The van der Waals surface area contributed by atoms with Crippen molar-refractivity contribution in [3.8, 4) is 11.3 Å². The molecule has 0 spiro atoms. The summed E-state index contributed by atoms with van der Waals surface area (Å²) < 4.78 is 8.43. The van der Waals surface area contributed by atoms with Crippen molar-refractivity contribution in [1.82, 2.24) is 9.47 Å².